The molecule has 0 aliphatic carbocycles. The summed E-state index contributed by atoms with van der Waals surface area (Å²) < 4.78 is 25.1. The number of halogens is 1. The molecule has 11 nitrogen and oxygen atoms in total. The Hall–Kier alpha value is -3.38. The quantitative estimate of drug-likeness (QED) is 0.369. The van der Waals surface area contributed by atoms with Gasteiger partial charge < -0.3 is 9.64 Å². The van der Waals surface area contributed by atoms with Gasteiger partial charge in [-0.1, -0.05) is 13.8 Å². The molecule has 2 saturated heterocycles. The number of hydrogen-bond donors (Lipinski definition) is 0. The SMILES string of the molecule is CC[C@H]1CN(C(C)c2ccn3ncc(F)c3n2)[C@H](CC)CN1c1nc(=O)n(C)c2cn(C3CCCCO3)nc12. The van der Waals surface area contributed by atoms with Crippen LogP contribution in [0.4, 0.5) is 10.2 Å². The van der Waals surface area contributed by atoms with Gasteiger partial charge in [0.1, 0.15) is 6.23 Å². The molecule has 6 heterocycles. The highest BCUT2D eigenvalue weighted by Gasteiger charge is 2.37. The minimum atomic E-state index is -0.425. The summed E-state index contributed by atoms with van der Waals surface area (Å²) >= 11 is 0. The molecule has 208 valence electrons. The summed E-state index contributed by atoms with van der Waals surface area (Å²) in [6, 6.07) is 2.19. The van der Waals surface area contributed by atoms with Gasteiger partial charge in [0.15, 0.2) is 22.8 Å². The first-order chi connectivity index (χ1) is 18.9. The average Bonchev–Trinajstić information content (AvgIpc) is 3.58. The van der Waals surface area contributed by atoms with Crippen molar-refractivity contribution in [3.05, 3.63) is 46.7 Å². The summed E-state index contributed by atoms with van der Waals surface area (Å²) in [7, 11) is 1.74. The number of rotatable bonds is 6. The maximum absolute atomic E-state index is 14.2. The summed E-state index contributed by atoms with van der Waals surface area (Å²) in [5, 5.41) is 8.94. The number of fused-ring (bicyclic) bond motifs is 2. The number of ether oxygens (including phenoxy) is 1. The Morgan fingerprint density at radius 2 is 1.97 bits per heavy atom. The predicted octanol–water partition coefficient (Wildman–Crippen LogP) is 3.45. The fourth-order valence-electron chi connectivity index (χ4n) is 6.06. The van der Waals surface area contributed by atoms with Crippen molar-refractivity contribution in [3.8, 4) is 0 Å². The van der Waals surface area contributed by atoms with Crippen LogP contribution in [-0.2, 0) is 11.8 Å². The number of hydrogen-bond acceptors (Lipinski definition) is 8. The van der Waals surface area contributed by atoms with E-state index in [-0.39, 0.29) is 35.7 Å². The minimum Gasteiger partial charge on any atom is -0.357 e. The standard InChI is InChI=1S/C27H36FN9O2/c1-5-18-15-35(19(6-2)14-34(18)17(3)21-10-11-36-25(30-21)20(28)13-29-36)26-24-22(33(4)27(38)31-26)16-37(32-24)23-9-7-8-12-39-23/h10-11,13,16-19,23H,5-9,12,14-15H2,1-4H3/t17?,18-,19+,23?/m1/s1. The highest BCUT2D eigenvalue weighted by molar-refractivity contribution is 5.85. The molecular weight excluding hydrogens is 501 g/mol. The third-order valence-corrected chi connectivity index (χ3v) is 8.45. The van der Waals surface area contributed by atoms with Crippen molar-refractivity contribution >= 4 is 22.5 Å². The van der Waals surface area contributed by atoms with E-state index in [2.05, 4.69) is 45.6 Å². The molecule has 0 aromatic carbocycles. The topological polar surface area (TPSA) is 98.6 Å². The molecule has 0 bridgehead atoms. The Balaban J connectivity index is 1.35. The van der Waals surface area contributed by atoms with Crippen LogP contribution < -0.4 is 10.6 Å². The van der Waals surface area contributed by atoms with E-state index in [4.69, 9.17) is 9.84 Å². The van der Waals surface area contributed by atoms with Crippen molar-refractivity contribution in [2.45, 2.75) is 77.2 Å². The number of aromatic nitrogens is 7. The summed E-state index contributed by atoms with van der Waals surface area (Å²) in [5.41, 5.74) is 2.24. The molecule has 39 heavy (non-hydrogen) atoms. The summed E-state index contributed by atoms with van der Waals surface area (Å²) in [6.45, 7) is 8.63. The van der Waals surface area contributed by atoms with Crippen LogP contribution in [0.5, 0.6) is 0 Å². The molecule has 0 amide bonds. The predicted molar refractivity (Wildman–Crippen MR) is 145 cm³/mol. The highest BCUT2D eigenvalue weighted by Crippen LogP contribution is 2.34. The molecule has 4 atom stereocenters. The second kappa shape index (κ2) is 10.3. The van der Waals surface area contributed by atoms with Crippen LogP contribution in [0, 0.1) is 5.82 Å². The maximum Gasteiger partial charge on any atom is 0.349 e. The Kier molecular flexibility index (Phi) is 6.84. The number of nitrogens with zero attached hydrogens (tertiary/aromatic N) is 9. The van der Waals surface area contributed by atoms with Gasteiger partial charge in [-0.2, -0.15) is 15.2 Å². The molecule has 4 aromatic rings. The Labute approximate surface area is 226 Å². The molecule has 0 radical (unpaired) electrons. The number of piperazine rings is 1. The molecule has 2 unspecified atom stereocenters. The smallest absolute Gasteiger partial charge is 0.349 e. The average molecular weight is 538 g/mol. The molecular formula is C27H36FN9O2. The van der Waals surface area contributed by atoms with Crippen LogP contribution in [-0.4, -0.2) is 70.6 Å². The normalized spacial score (nSPS) is 23.6. The van der Waals surface area contributed by atoms with Gasteiger partial charge in [0, 0.05) is 51.1 Å². The van der Waals surface area contributed by atoms with E-state index in [1.165, 1.54) is 10.7 Å². The van der Waals surface area contributed by atoms with Crippen molar-refractivity contribution in [3.63, 3.8) is 0 Å². The number of aryl methyl sites for hydroxylation is 1. The minimum absolute atomic E-state index is 0.0234. The van der Waals surface area contributed by atoms with Crippen LogP contribution in [0.25, 0.3) is 16.7 Å². The lowest BCUT2D eigenvalue weighted by atomic mass is 9.99. The lowest BCUT2D eigenvalue weighted by Gasteiger charge is -2.48. The van der Waals surface area contributed by atoms with Crippen molar-refractivity contribution < 1.29 is 9.13 Å². The fourth-order valence-corrected chi connectivity index (χ4v) is 6.06. The van der Waals surface area contributed by atoms with E-state index in [1.807, 2.05) is 16.9 Å². The van der Waals surface area contributed by atoms with Gasteiger partial charge in [0.25, 0.3) is 0 Å². The van der Waals surface area contributed by atoms with Gasteiger partial charge in [-0.05, 0) is 45.1 Å². The fraction of sp³-hybridized carbons (Fsp3) is 0.593. The van der Waals surface area contributed by atoms with Gasteiger partial charge >= 0.3 is 5.69 Å². The lowest BCUT2D eigenvalue weighted by Crippen LogP contribution is -2.59. The molecule has 0 spiro atoms. The Morgan fingerprint density at radius 3 is 2.72 bits per heavy atom. The largest absolute Gasteiger partial charge is 0.357 e. The lowest BCUT2D eigenvalue weighted by molar-refractivity contribution is -0.0390. The van der Waals surface area contributed by atoms with Crippen LogP contribution in [0.1, 0.15) is 70.8 Å². The monoisotopic (exact) mass is 537 g/mol. The summed E-state index contributed by atoms with van der Waals surface area (Å²) in [5.74, 6) is 0.215. The van der Waals surface area contributed by atoms with E-state index >= 15 is 0 Å². The third kappa shape index (κ3) is 4.49. The van der Waals surface area contributed by atoms with Crippen LogP contribution in [0.2, 0.25) is 0 Å². The van der Waals surface area contributed by atoms with Crippen LogP contribution >= 0.6 is 0 Å². The second-order valence-electron chi connectivity index (χ2n) is 10.7. The molecule has 6 rings (SSSR count). The molecule has 2 fully saturated rings. The van der Waals surface area contributed by atoms with Gasteiger partial charge in [-0.25, -0.2) is 23.4 Å². The molecule has 2 aliphatic rings. The Morgan fingerprint density at radius 1 is 1.15 bits per heavy atom. The van der Waals surface area contributed by atoms with E-state index in [1.54, 1.807) is 17.8 Å². The zero-order chi connectivity index (χ0) is 27.3. The first-order valence-electron chi connectivity index (χ1n) is 14.0. The van der Waals surface area contributed by atoms with Crippen molar-refractivity contribution in [2.75, 3.05) is 24.6 Å². The zero-order valence-electron chi connectivity index (χ0n) is 23.0. The van der Waals surface area contributed by atoms with E-state index < -0.39 is 5.82 Å². The van der Waals surface area contributed by atoms with E-state index in [0.717, 1.165) is 62.0 Å². The van der Waals surface area contributed by atoms with E-state index in [9.17, 15) is 9.18 Å². The third-order valence-electron chi connectivity index (χ3n) is 8.45. The summed E-state index contributed by atoms with van der Waals surface area (Å²) in [6.07, 6.45) is 9.58. The maximum atomic E-state index is 14.2. The van der Waals surface area contributed by atoms with E-state index in [0.29, 0.717) is 12.4 Å². The van der Waals surface area contributed by atoms with Crippen molar-refractivity contribution in [1.29, 1.82) is 0 Å². The van der Waals surface area contributed by atoms with Gasteiger partial charge in [-0.15, -0.1) is 0 Å². The highest BCUT2D eigenvalue weighted by atomic mass is 19.1. The second-order valence-corrected chi connectivity index (χ2v) is 10.7. The van der Waals surface area contributed by atoms with Crippen LogP contribution in [0.3, 0.4) is 0 Å². The first-order valence-corrected chi connectivity index (χ1v) is 14.0. The van der Waals surface area contributed by atoms with Gasteiger partial charge in [0.2, 0.25) is 0 Å². The van der Waals surface area contributed by atoms with Gasteiger partial charge in [-0.3, -0.25) is 9.47 Å². The van der Waals surface area contributed by atoms with Crippen LogP contribution in [0.15, 0.2) is 29.5 Å². The van der Waals surface area contributed by atoms with Crippen molar-refractivity contribution in [1.82, 2.24) is 38.8 Å². The molecule has 4 aromatic heterocycles. The molecule has 12 heteroatoms. The number of anilines is 1. The molecule has 2 aliphatic heterocycles. The Bertz CT molecular complexity index is 1540. The summed E-state index contributed by atoms with van der Waals surface area (Å²) in [4.78, 5) is 26.9. The zero-order valence-corrected chi connectivity index (χ0v) is 23.0. The first kappa shape index (κ1) is 25.9. The molecule has 0 N–H and O–H groups in total. The van der Waals surface area contributed by atoms with Crippen molar-refractivity contribution in [2.24, 2.45) is 7.05 Å². The molecule has 0 saturated carbocycles. The van der Waals surface area contributed by atoms with Gasteiger partial charge in [0.05, 0.1) is 23.6 Å².